The topological polar surface area (TPSA) is 86.6 Å². The maximum absolute atomic E-state index is 11.5. The highest BCUT2D eigenvalue weighted by Gasteiger charge is 2.29. The van der Waals surface area contributed by atoms with Gasteiger partial charge in [-0.2, -0.15) is 0 Å². The molecule has 0 radical (unpaired) electrons. The van der Waals surface area contributed by atoms with Crippen molar-refractivity contribution < 1.29 is 19.8 Å². The Hall–Kier alpha value is -2.14. The summed E-state index contributed by atoms with van der Waals surface area (Å²) in [7, 11) is 0. The van der Waals surface area contributed by atoms with Crippen molar-refractivity contribution in [1.82, 2.24) is 5.32 Å². The summed E-state index contributed by atoms with van der Waals surface area (Å²) in [6.45, 7) is 2.70. The van der Waals surface area contributed by atoms with Crippen LogP contribution in [0.15, 0.2) is 30.3 Å². The molecule has 0 saturated carbocycles. The molecule has 102 valence electrons. The number of rotatable bonds is 5. The van der Waals surface area contributed by atoms with E-state index in [0.29, 0.717) is 0 Å². The van der Waals surface area contributed by atoms with Gasteiger partial charge in [-0.25, -0.2) is 4.79 Å². The molecule has 5 heteroatoms. The monoisotopic (exact) mass is 263 g/mol. The van der Waals surface area contributed by atoms with Crippen molar-refractivity contribution in [2.24, 2.45) is 0 Å². The number of benzene rings is 1. The summed E-state index contributed by atoms with van der Waals surface area (Å²) in [5, 5.41) is 20.4. The van der Waals surface area contributed by atoms with Gasteiger partial charge in [0.1, 0.15) is 0 Å². The highest BCUT2D eigenvalue weighted by molar-refractivity contribution is 5.92. The quantitative estimate of drug-likeness (QED) is 0.691. The molecule has 1 atom stereocenters. The second-order valence-electron chi connectivity index (χ2n) is 4.49. The molecule has 1 rings (SSSR count). The Morgan fingerprint density at radius 2 is 2.00 bits per heavy atom. The highest BCUT2D eigenvalue weighted by Crippen LogP contribution is 2.08. The number of aliphatic carboxylic acids is 1. The van der Waals surface area contributed by atoms with Crippen molar-refractivity contribution in [2.75, 3.05) is 6.54 Å². The summed E-state index contributed by atoms with van der Waals surface area (Å²) in [5.74, 6) is -1.83. The van der Waals surface area contributed by atoms with E-state index in [9.17, 15) is 14.7 Å². The zero-order valence-corrected chi connectivity index (χ0v) is 10.9. The van der Waals surface area contributed by atoms with E-state index in [1.807, 2.05) is 31.2 Å². The third-order valence-electron chi connectivity index (χ3n) is 2.67. The van der Waals surface area contributed by atoms with Crippen LogP contribution in [0.25, 0.3) is 6.08 Å². The van der Waals surface area contributed by atoms with E-state index in [0.717, 1.165) is 18.1 Å². The number of nitrogens with one attached hydrogen (secondary N) is 1. The van der Waals surface area contributed by atoms with Crippen molar-refractivity contribution in [1.29, 1.82) is 0 Å². The summed E-state index contributed by atoms with van der Waals surface area (Å²) in [6.07, 6.45) is 2.94. The lowest BCUT2D eigenvalue weighted by Gasteiger charge is -2.17. The molecule has 0 aliphatic carbocycles. The van der Waals surface area contributed by atoms with E-state index in [-0.39, 0.29) is 6.54 Å². The van der Waals surface area contributed by atoms with Crippen LogP contribution in [0.1, 0.15) is 18.1 Å². The van der Waals surface area contributed by atoms with E-state index < -0.39 is 17.5 Å². The van der Waals surface area contributed by atoms with E-state index in [1.165, 1.54) is 6.08 Å². The number of hydrogen-bond donors (Lipinski definition) is 3. The van der Waals surface area contributed by atoms with Crippen molar-refractivity contribution in [3.8, 4) is 0 Å². The lowest BCUT2D eigenvalue weighted by molar-refractivity contribution is -0.156. The molecule has 0 aliphatic heterocycles. The molecule has 3 N–H and O–H groups in total. The van der Waals surface area contributed by atoms with E-state index in [4.69, 9.17) is 5.11 Å². The minimum Gasteiger partial charge on any atom is -0.479 e. The van der Waals surface area contributed by atoms with Gasteiger partial charge in [-0.1, -0.05) is 24.3 Å². The van der Waals surface area contributed by atoms with Gasteiger partial charge in [-0.3, -0.25) is 4.79 Å². The van der Waals surface area contributed by atoms with Gasteiger partial charge in [0, 0.05) is 6.08 Å². The average Bonchev–Trinajstić information content (AvgIpc) is 2.35. The molecule has 0 fully saturated rings. The number of carboxylic acid groups (broad SMARTS) is 1. The van der Waals surface area contributed by atoms with Crippen LogP contribution in [0, 0.1) is 6.92 Å². The predicted octanol–water partition coefficient (Wildman–Crippen LogP) is 0.960. The molecule has 1 aromatic carbocycles. The molecule has 1 amide bonds. The molecule has 5 nitrogen and oxygen atoms in total. The van der Waals surface area contributed by atoms with Gasteiger partial charge in [0.2, 0.25) is 5.91 Å². The fourth-order valence-electron chi connectivity index (χ4n) is 1.33. The fraction of sp³-hybridized carbons (Fsp3) is 0.286. The first-order chi connectivity index (χ1) is 8.83. The lowest BCUT2D eigenvalue weighted by Crippen LogP contribution is -2.46. The second kappa shape index (κ2) is 6.15. The number of amides is 1. The van der Waals surface area contributed by atoms with Crippen LogP contribution in [0.4, 0.5) is 0 Å². The molecule has 0 heterocycles. The third kappa shape index (κ3) is 4.56. The Morgan fingerprint density at radius 1 is 1.37 bits per heavy atom. The molecule has 0 bridgehead atoms. The maximum Gasteiger partial charge on any atom is 0.337 e. The summed E-state index contributed by atoms with van der Waals surface area (Å²) >= 11 is 0. The molecular formula is C14H17NO4. The van der Waals surface area contributed by atoms with Crippen molar-refractivity contribution in [3.63, 3.8) is 0 Å². The molecular weight excluding hydrogens is 246 g/mol. The van der Waals surface area contributed by atoms with Crippen LogP contribution in [-0.2, 0) is 9.59 Å². The summed E-state index contributed by atoms with van der Waals surface area (Å²) in [5.41, 5.74) is -0.0293. The van der Waals surface area contributed by atoms with Crippen molar-refractivity contribution in [2.45, 2.75) is 19.4 Å². The Labute approximate surface area is 111 Å². The van der Waals surface area contributed by atoms with E-state index >= 15 is 0 Å². The number of hydrogen-bond acceptors (Lipinski definition) is 3. The van der Waals surface area contributed by atoms with Crippen LogP contribution in [0.5, 0.6) is 0 Å². The maximum atomic E-state index is 11.5. The summed E-state index contributed by atoms with van der Waals surface area (Å²) < 4.78 is 0. The van der Waals surface area contributed by atoms with Crippen LogP contribution in [0.3, 0.4) is 0 Å². The van der Waals surface area contributed by atoms with Crippen LogP contribution < -0.4 is 5.32 Å². The molecule has 1 aromatic rings. The largest absolute Gasteiger partial charge is 0.479 e. The summed E-state index contributed by atoms with van der Waals surface area (Å²) in [4.78, 5) is 22.1. The van der Waals surface area contributed by atoms with Gasteiger partial charge in [0.05, 0.1) is 6.54 Å². The third-order valence-corrected chi connectivity index (χ3v) is 2.67. The normalized spacial score (nSPS) is 14.1. The first-order valence-corrected chi connectivity index (χ1v) is 5.80. The fourth-order valence-corrected chi connectivity index (χ4v) is 1.33. The van der Waals surface area contributed by atoms with E-state index in [1.54, 1.807) is 6.08 Å². The smallest absolute Gasteiger partial charge is 0.337 e. The molecule has 0 saturated heterocycles. The molecule has 0 spiro atoms. The number of carbonyl (C=O) groups is 2. The standard InChI is InChI=1S/C14H17NO4/c1-10-5-3-4-6-11(10)7-8-12(16)15-9-14(2,19)13(17)18/h3-8,19H,9H2,1-2H3,(H,15,16)(H,17,18). The van der Waals surface area contributed by atoms with Crippen LogP contribution in [0.2, 0.25) is 0 Å². The average molecular weight is 263 g/mol. The van der Waals surface area contributed by atoms with Crippen molar-refractivity contribution >= 4 is 18.0 Å². The van der Waals surface area contributed by atoms with Gasteiger partial charge in [-0.05, 0) is 31.1 Å². The zero-order chi connectivity index (χ0) is 14.5. The Bertz CT molecular complexity index is 506. The highest BCUT2D eigenvalue weighted by atomic mass is 16.4. The van der Waals surface area contributed by atoms with Crippen molar-refractivity contribution in [3.05, 3.63) is 41.5 Å². The second-order valence-corrected chi connectivity index (χ2v) is 4.49. The number of carboxylic acids is 1. The van der Waals surface area contributed by atoms with Gasteiger partial charge in [0.25, 0.3) is 0 Å². The van der Waals surface area contributed by atoms with E-state index in [2.05, 4.69) is 5.32 Å². The Kier molecular flexibility index (Phi) is 4.83. The molecule has 0 aromatic heterocycles. The van der Waals surface area contributed by atoms with Gasteiger partial charge in [0.15, 0.2) is 5.60 Å². The van der Waals surface area contributed by atoms with Crippen LogP contribution >= 0.6 is 0 Å². The first kappa shape index (κ1) is 14.9. The van der Waals surface area contributed by atoms with Gasteiger partial charge >= 0.3 is 5.97 Å². The predicted molar refractivity (Wildman–Crippen MR) is 71.5 cm³/mol. The molecule has 0 aliphatic rings. The Morgan fingerprint density at radius 3 is 2.58 bits per heavy atom. The van der Waals surface area contributed by atoms with Gasteiger partial charge < -0.3 is 15.5 Å². The minimum atomic E-state index is -1.97. The number of aryl methyl sites for hydroxylation is 1. The molecule has 19 heavy (non-hydrogen) atoms. The number of aliphatic hydroxyl groups is 1. The number of carbonyl (C=O) groups excluding carboxylic acids is 1. The first-order valence-electron chi connectivity index (χ1n) is 5.80. The van der Waals surface area contributed by atoms with Crippen LogP contribution in [-0.4, -0.2) is 34.2 Å². The lowest BCUT2D eigenvalue weighted by atomic mass is 10.1. The van der Waals surface area contributed by atoms with Gasteiger partial charge in [-0.15, -0.1) is 0 Å². The minimum absolute atomic E-state index is 0.348. The Balaban J connectivity index is 2.57. The molecule has 1 unspecified atom stereocenters. The SMILES string of the molecule is Cc1ccccc1C=CC(=O)NCC(C)(O)C(=O)O. The summed E-state index contributed by atoms with van der Waals surface area (Å²) in [6, 6.07) is 7.55. The zero-order valence-electron chi connectivity index (χ0n) is 10.9.